The Morgan fingerprint density at radius 3 is 2.58 bits per heavy atom. The van der Waals surface area contributed by atoms with Crippen LogP contribution in [0.5, 0.6) is 0 Å². The number of fused-ring (bicyclic) bond motifs is 1. The number of H-pyrrole nitrogens is 1. The maximum absolute atomic E-state index is 13.5. The first-order chi connectivity index (χ1) is 12.4. The van der Waals surface area contributed by atoms with Crippen LogP contribution in [0.3, 0.4) is 0 Å². The molecule has 1 heterocycles. The molecular formula is C20H19F2N3O. The molecule has 1 unspecified atom stereocenters. The van der Waals surface area contributed by atoms with Crippen LogP contribution in [-0.4, -0.2) is 16.6 Å². The Labute approximate surface area is 149 Å². The molecule has 0 aliphatic rings. The van der Waals surface area contributed by atoms with Crippen LogP contribution >= 0.6 is 0 Å². The van der Waals surface area contributed by atoms with Crippen LogP contribution in [0.25, 0.3) is 10.9 Å². The molecule has 0 spiro atoms. The Bertz CT molecular complexity index is 947. The lowest BCUT2D eigenvalue weighted by atomic mass is 9.94. The number of aromatic nitrogens is 1. The summed E-state index contributed by atoms with van der Waals surface area (Å²) in [5, 5.41) is 11.5. The van der Waals surface area contributed by atoms with Crippen molar-refractivity contribution in [2.24, 2.45) is 0 Å². The monoisotopic (exact) mass is 355 g/mol. The fourth-order valence-electron chi connectivity index (χ4n) is 3.01. The number of carbonyl (C=O) groups is 1. The van der Waals surface area contributed by atoms with Crippen molar-refractivity contribution in [2.75, 3.05) is 5.32 Å². The van der Waals surface area contributed by atoms with Gasteiger partial charge in [0.1, 0.15) is 11.6 Å². The Balaban J connectivity index is 1.60. The van der Waals surface area contributed by atoms with Gasteiger partial charge in [0.05, 0.1) is 6.42 Å². The number of aromatic amines is 1. The molecule has 1 atom stereocenters. The molecule has 3 rings (SSSR count). The SMILES string of the molecule is CC(CC(=N)CC(=O)Nc1ccc(F)cc1)c1c[nH]c2ccc(F)cc12. The van der Waals surface area contributed by atoms with Crippen molar-refractivity contribution in [1.29, 1.82) is 5.41 Å². The molecule has 2 aromatic carbocycles. The summed E-state index contributed by atoms with van der Waals surface area (Å²) in [5.41, 5.74) is 2.53. The van der Waals surface area contributed by atoms with E-state index in [4.69, 9.17) is 5.41 Å². The average molecular weight is 355 g/mol. The van der Waals surface area contributed by atoms with Gasteiger partial charge in [-0.15, -0.1) is 0 Å². The van der Waals surface area contributed by atoms with E-state index in [0.717, 1.165) is 16.5 Å². The molecule has 3 aromatic rings. The van der Waals surface area contributed by atoms with Gasteiger partial charge in [-0.1, -0.05) is 6.92 Å². The fraction of sp³-hybridized carbons (Fsp3) is 0.200. The molecule has 4 nitrogen and oxygen atoms in total. The van der Waals surface area contributed by atoms with Crippen LogP contribution in [-0.2, 0) is 4.79 Å². The van der Waals surface area contributed by atoms with E-state index in [1.54, 1.807) is 6.07 Å². The van der Waals surface area contributed by atoms with Crippen molar-refractivity contribution < 1.29 is 13.6 Å². The number of hydrogen-bond acceptors (Lipinski definition) is 2. The van der Waals surface area contributed by atoms with Crippen molar-refractivity contribution in [1.82, 2.24) is 4.98 Å². The van der Waals surface area contributed by atoms with Crippen LogP contribution in [0.1, 0.15) is 31.2 Å². The van der Waals surface area contributed by atoms with E-state index < -0.39 is 0 Å². The Hall–Kier alpha value is -3.02. The number of rotatable bonds is 6. The minimum Gasteiger partial charge on any atom is -0.361 e. The Kier molecular flexibility index (Phi) is 5.11. The fourth-order valence-corrected chi connectivity index (χ4v) is 3.01. The largest absolute Gasteiger partial charge is 0.361 e. The molecule has 0 saturated carbocycles. The molecule has 26 heavy (non-hydrogen) atoms. The third-order valence-electron chi connectivity index (χ3n) is 4.26. The summed E-state index contributed by atoms with van der Waals surface area (Å²) in [6.45, 7) is 1.94. The zero-order chi connectivity index (χ0) is 18.7. The number of anilines is 1. The molecule has 134 valence electrons. The molecule has 0 radical (unpaired) electrons. The summed E-state index contributed by atoms with van der Waals surface area (Å²) in [7, 11) is 0. The number of benzene rings is 2. The van der Waals surface area contributed by atoms with Crippen LogP contribution in [0.2, 0.25) is 0 Å². The molecule has 6 heteroatoms. The second-order valence-electron chi connectivity index (χ2n) is 6.37. The smallest absolute Gasteiger partial charge is 0.230 e. The van der Waals surface area contributed by atoms with Gasteiger partial charge >= 0.3 is 0 Å². The highest BCUT2D eigenvalue weighted by Crippen LogP contribution is 2.28. The van der Waals surface area contributed by atoms with Gasteiger partial charge in [-0.3, -0.25) is 4.79 Å². The number of halogens is 2. The summed E-state index contributed by atoms with van der Waals surface area (Å²) in [5.74, 6) is -1.03. The summed E-state index contributed by atoms with van der Waals surface area (Å²) in [6, 6.07) is 10.0. The van der Waals surface area contributed by atoms with Gasteiger partial charge in [-0.25, -0.2) is 8.78 Å². The van der Waals surface area contributed by atoms with Gasteiger partial charge < -0.3 is 15.7 Å². The lowest BCUT2D eigenvalue weighted by Crippen LogP contribution is -2.17. The van der Waals surface area contributed by atoms with Gasteiger partial charge in [0.2, 0.25) is 5.91 Å². The summed E-state index contributed by atoms with van der Waals surface area (Å²) >= 11 is 0. The summed E-state index contributed by atoms with van der Waals surface area (Å²) < 4.78 is 26.4. The van der Waals surface area contributed by atoms with Gasteiger partial charge in [0.25, 0.3) is 0 Å². The van der Waals surface area contributed by atoms with Crippen LogP contribution < -0.4 is 5.32 Å². The van der Waals surface area contributed by atoms with E-state index in [1.165, 1.54) is 36.4 Å². The van der Waals surface area contributed by atoms with Gasteiger partial charge in [0.15, 0.2) is 0 Å². The van der Waals surface area contributed by atoms with Crippen molar-refractivity contribution >= 4 is 28.2 Å². The second kappa shape index (κ2) is 7.47. The first-order valence-corrected chi connectivity index (χ1v) is 8.30. The molecular weight excluding hydrogens is 336 g/mol. The third-order valence-corrected chi connectivity index (χ3v) is 4.26. The second-order valence-corrected chi connectivity index (χ2v) is 6.37. The Morgan fingerprint density at radius 1 is 1.15 bits per heavy atom. The molecule has 3 N–H and O–H groups in total. The van der Waals surface area contributed by atoms with Crippen molar-refractivity contribution in [3.63, 3.8) is 0 Å². The maximum atomic E-state index is 13.5. The third kappa shape index (κ3) is 4.14. The lowest BCUT2D eigenvalue weighted by Gasteiger charge is -2.12. The maximum Gasteiger partial charge on any atom is 0.230 e. The van der Waals surface area contributed by atoms with Crippen LogP contribution in [0.4, 0.5) is 14.5 Å². The Morgan fingerprint density at radius 2 is 1.85 bits per heavy atom. The molecule has 0 bridgehead atoms. The van der Waals surface area contributed by atoms with Crippen molar-refractivity contribution in [2.45, 2.75) is 25.7 Å². The van der Waals surface area contributed by atoms with E-state index in [2.05, 4.69) is 10.3 Å². The number of carbonyl (C=O) groups excluding carboxylic acids is 1. The van der Waals surface area contributed by atoms with Gasteiger partial charge in [0, 0.05) is 28.5 Å². The van der Waals surface area contributed by atoms with Gasteiger partial charge in [-0.2, -0.15) is 0 Å². The number of nitrogens with one attached hydrogen (secondary N) is 3. The molecule has 0 fully saturated rings. The predicted octanol–water partition coefficient (Wildman–Crippen LogP) is 4.99. The van der Waals surface area contributed by atoms with Crippen molar-refractivity contribution in [3.05, 3.63) is 65.9 Å². The quantitative estimate of drug-likeness (QED) is 0.536. The van der Waals surface area contributed by atoms with Crippen LogP contribution in [0.15, 0.2) is 48.7 Å². The molecule has 1 amide bonds. The van der Waals surface area contributed by atoms with E-state index in [1.807, 2.05) is 13.1 Å². The van der Waals surface area contributed by atoms with Crippen molar-refractivity contribution in [3.8, 4) is 0 Å². The topological polar surface area (TPSA) is 68.7 Å². The minimum absolute atomic E-state index is 0.0309. The molecule has 0 aliphatic heterocycles. The first-order valence-electron chi connectivity index (χ1n) is 8.30. The number of hydrogen-bond donors (Lipinski definition) is 3. The van der Waals surface area contributed by atoms with E-state index in [0.29, 0.717) is 12.1 Å². The zero-order valence-corrected chi connectivity index (χ0v) is 14.3. The zero-order valence-electron chi connectivity index (χ0n) is 14.3. The first kappa shape index (κ1) is 17.8. The predicted molar refractivity (Wildman–Crippen MR) is 98.7 cm³/mol. The highest BCUT2D eigenvalue weighted by atomic mass is 19.1. The highest BCUT2D eigenvalue weighted by molar-refractivity contribution is 6.05. The highest BCUT2D eigenvalue weighted by Gasteiger charge is 2.16. The average Bonchev–Trinajstić information content (AvgIpc) is 2.99. The van der Waals surface area contributed by atoms with Gasteiger partial charge in [-0.05, 0) is 60.4 Å². The molecule has 0 aliphatic carbocycles. The summed E-state index contributed by atoms with van der Waals surface area (Å²) in [6.07, 6.45) is 2.17. The lowest BCUT2D eigenvalue weighted by molar-refractivity contribution is -0.115. The standard InChI is InChI=1S/C20H19F2N3O/c1-12(18-11-24-19-7-4-14(22)9-17(18)19)8-15(23)10-20(26)25-16-5-2-13(21)3-6-16/h2-7,9,11-12,23-24H,8,10H2,1H3,(H,25,26). The van der Waals surface area contributed by atoms with E-state index in [-0.39, 0.29) is 35.6 Å². The molecule has 1 aromatic heterocycles. The van der Waals surface area contributed by atoms with E-state index >= 15 is 0 Å². The minimum atomic E-state index is -0.375. The normalized spacial score (nSPS) is 12.1. The van der Waals surface area contributed by atoms with E-state index in [9.17, 15) is 13.6 Å². The van der Waals surface area contributed by atoms with Crippen LogP contribution in [0, 0.1) is 17.0 Å². The molecule has 0 saturated heterocycles. The number of amides is 1. The summed E-state index contributed by atoms with van der Waals surface area (Å²) in [4.78, 5) is 15.1.